The molecule has 2 aliphatic rings. The van der Waals surface area contributed by atoms with Gasteiger partial charge in [-0.2, -0.15) is 0 Å². The maximum atomic E-state index is 14.6. The van der Waals surface area contributed by atoms with Crippen LogP contribution in [-0.2, 0) is 22.2 Å². The predicted octanol–water partition coefficient (Wildman–Crippen LogP) is 5.06. The summed E-state index contributed by atoms with van der Waals surface area (Å²) < 4.78 is 28.9. The monoisotopic (exact) mass is 453 g/mol. The summed E-state index contributed by atoms with van der Waals surface area (Å²) in [5, 5.41) is 10.9. The van der Waals surface area contributed by atoms with Gasteiger partial charge < -0.3 is 5.11 Å². The normalized spacial score (nSPS) is 19.8. The van der Waals surface area contributed by atoms with Crippen molar-refractivity contribution in [1.82, 2.24) is 4.72 Å². The zero-order valence-electron chi connectivity index (χ0n) is 16.2. The molecule has 0 bridgehead atoms. The molecule has 3 aromatic carbocycles. The molecule has 0 saturated heterocycles. The number of carbonyl (C=O) groups excluding carboxylic acids is 1. The van der Waals surface area contributed by atoms with Crippen molar-refractivity contribution in [1.29, 1.82) is 0 Å². The van der Waals surface area contributed by atoms with Crippen LogP contribution in [0.25, 0.3) is 16.0 Å². The fraction of sp³-hybridized carbons (Fsp3) is 0.125. The first-order chi connectivity index (χ1) is 14.9. The minimum Gasteiger partial charge on any atom is -0.507 e. The minimum absolute atomic E-state index is 0.0260. The second-order valence-electron chi connectivity index (χ2n) is 7.61. The molecule has 0 fully saturated rings. The van der Waals surface area contributed by atoms with Gasteiger partial charge in [0.25, 0.3) is 5.91 Å². The molecule has 7 heteroatoms. The van der Waals surface area contributed by atoms with E-state index in [4.69, 9.17) is 11.6 Å². The molecule has 1 unspecified atom stereocenters. The van der Waals surface area contributed by atoms with Crippen LogP contribution in [0.2, 0.25) is 5.02 Å². The molecule has 0 spiro atoms. The summed E-state index contributed by atoms with van der Waals surface area (Å²) in [6.07, 6.45) is 2.85. The molecule has 2 atom stereocenters. The third-order valence-electron chi connectivity index (χ3n) is 5.84. The van der Waals surface area contributed by atoms with Crippen LogP contribution in [0.3, 0.4) is 0 Å². The zero-order chi connectivity index (χ0) is 21.7. The van der Waals surface area contributed by atoms with Crippen LogP contribution in [0, 0.1) is 5.82 Å². The molecule has 1 heterocycles. The second kappa shape index (κ2) is 7.62. The Balaban J connectivity index is 1.53. The van der Waals surface area contributed by atoms with Crippen molar-refractivity contribution in [2.45, 2.75) is 18.8 Å². The number of hydrogen-bond donors (Lipinski definition) is 2. The topological polar surface area (TPSA) is 66.4 Å². The molecular formula is C24H17ClFNO3S. The maximum absolute atomic E-state index is 14.6. The number of carbonyl (C=O) groups is 1. The lowest BCUT2D eigenvalue weighted by atomic mass is 9.90. The van der Waals surface area contributed by atoms with Crippen LogP contribution >= 0.6 is 11.6 Å². The highest BCUT2D eigenvalue weighted by Gasteiger charge is 2.29. The maximum Gasteiger partial charge on any atom is 0.257 e. The highest BCUT2D eigenvalue weighted by Crippen LogP contribution is 2.44. The molecule has 31 heavy (non-hydrogen) atoms. The molecule has 3 aromatic rings. The highest BCUT2D eigenvalue weighted by atomic mass is 35.5. The van der Waals surface area contributed by atoms with Crippen molar-refractivity contribution < 1.29 is 18.5 Å². The molecule has 1 aliphatic heterocycles. The number of nitrogens with one attached hydrogen (secondary N) is 1. The molecule has 156 valence electrons. The van der Waals surface area contributed by atoms with Crippen LogP contribution in [0.5, 0.6) is 5.75 Å². The van der Waals surface area contributed by atoms with E-state index < -0.39 is 16.9 Å². The Hall–Kier alpha value is -2.96. The number of amides is 1. The second-order valence-corrected chi connectivity index (χ2v) is 9.23. The largest absolute Gasteiger partial charge is 0.507 e. The van der Waals surface area contributed by atoms with Gasteiger partial charge in [0, 0.05) is 28.1 Å². The first-order valence-electron chi connectivity index (χ1n) is 9.77. The van der Waals surface area contributed by atoms with E-state index in [-0.39, 0.29) is 22.4 Å². The van der Waals surface area contributed by atoms with E-state index in [1.165, 1.54) is 12.1 Å². The molecule has 5 rings (SSSR count). The fourth-order valence-electron chi connectivity index (χ4n) is 4.46. The first-order valence-corrected chi connectivity index (χ1v) is 11.3. The Kier molecular flexibility index (Phi) is 4.91. The number of phenolic OH excluding ortho intramolecular Hbond substituents is 1. The van der Waals surface area contributed by atoms with Crippen molar-refractivity contribution in [2.24, 2.45) is 0 Å². The third-order valence-corrected chi connectivity index (χ3v) is 7.20. The van der Waals surface area contributed by atoms with E-state index in [0.717, 1.165) is 35.1 Å². The lowest BCUT2D eigenvalue weighted by Gasteiger charge is -2.16. The molecule has 0 radical (unpaired) electrons. The van der Waals surface area contributed by atoms with Crippen molar-refractivity contribution in [3.8, 4) is 16.9 Å². The summed E-state index contributed by atoms with van der Waals surface area (Å²) >= 11 is 5.91. The summed E-state index contributed by atoms with van der Waals surface area (Å²) in [6, 6.07) is 15.8. The fourth-order valence-corrected chi connectivity index (χ4v) is 5.56. The van der Waals surface area contributed by atoms with Gasteiger partial charge in [0.15, 0.2) is 11.0 Å². The Morgan fingerprint density at radius 1 is 1.06 bits per heavy atom. The van der Waals surface area contributed by atoms with Crippen molar-refractivity contribution >= 4 is 33.4 Å². The Morgan fingerprint density at radius 2 is 1.87 bits per heavy atom. The van der Waals surface area contributed by atoms with E-state index in [1.54, 1.807) is 24.3 Å². The van der Waals surface area contributed by atoms with Gasteiger partial charge in [-0.05, 0) is 65.4 Å². The minimum atomic E-state index is -1.67. The quantitative estimate of drug-likeness (QED) is 0.582. The summed E-state index contributed by atoms with van der Waals surface area (Å²) in [5.74, 6) is -0.772. The van der Waals surface area contributed by atoms with E-state index >= 15 is 0 Å². The van der Waals surface area contributed by atoms with Crippen LogP contribution in [-0.4, -0.2) is 15.2 Å². The van der Waals surface area contributed by atoms with E-state index in [0.29, 0.717) is 16.1 Å². The number of fused-ring (bicyclic) bond motifs is 1. The van der Waals surface area contributed by atoms with Gasteiger partial charge in [-0.25, -0.2) is 8.60 Å². The summed E-state index contributed by atoms with van der Waals surface area (Å²) in [5.41, 5.74) is 4.85. The Bertz CT molecular complexity index is 1300. The molecule has 0 aromatic heterocycles. The molecule has 4 nitrogen and oxygen atoms in total. The SMILES string of the molecule is O=C1C=C(c2ccc([C@H]3CCc4c(-c5ccc(Cl)cc5F)cccc43)cc2O)S(=O)N1. The summed E-state index contributed by atoms with van der Waals surface area (Å²) in [7, 11) is -1.67. The third kappa shape index (κ3) is 3.46. The van der Waals surface area contributed by atoms with Gasteiger partial charge in [-0.3, -0.25) is 9.52 Å². The van der Waals surface area contributed by atoms with Crippen molar-refractivity contribution in [3.05, 3.63) is 93.8 Å². The lowest BCUT2D eigenvalue weighted by Crippen LogP contribution is -2.16. The molecular weight excluding hydrogens is 437 g/mol. The number of rotatable bonds is 3. The van der Waals surface area contributed by atoms with Crippen LogP contribution in [0.15, 0.2) is 60.7 Å². The van der Waals surface area contributed by atoms with Crippen LogP contribution in [0.1, 0.15) is 34.6 Å². The van der Waals surface area contributed by atoms with E-state index in [9.17, 15) is 18.5 Å². The van der Waals surface area contributed by atoms with Gasteiger partial charge >= 0.3 is 0 Å². The van der Waals surface area contributed by atoms with Crippen molar-refractivity contribution in [3.63, 3.8) is 0 Å². The zero-order valence-corrected chi connectivity index (χ0v) is 17.8. The molecule has 0 saturated carbocycles. The lowest BCUT2D eigenvalue weighted by molar-refractivity contribution is -0.114. The molecule has 1 amide bonds. The Morgan fingerprint density at radius 3 is 2.58 bits per heavy atom. The smallest absolute Gasteiger partial charge is 0.257 e. The van der Waals surface area contributed by atoms with Crippen LogP contribution in [0.4, 0.5) is 4.39 Å². The van der Waals surface area contributed by atoms with Gasteiger partial charge in [-0.1, -0.05) is 35.9 Å². The average molecular weight is 454 g/mol. The predicted molar refractivity (Wildman–Crippen MR) is 119 cm³/mol. The van der Waals surface area contributed by atoms with Gasteiger partial charge in [0.05, 0.1) is 4.91 Å². The Labute approximate surface area is 186 Å². The van der Waals surface area contributed by atoms with Gasteiger partial charge in [0.1, 0.15) is 11.6 Å². The number of aromatic hydroxyl groups is 1. The summed E-state index contributed by atoms with van der Waals surface area (Å²) in [6.45, 7) is 0. The number of benzene rings is 3. The molecule has 1 aliphatic carbocycles. The van der Waals surface area contributed by atoms with E-state index in [1.807, 2.05) is 24.3 Å². The first kappa shape index (κ1) is 20.0. The van der Waals surface area contributed by atoms with Gasteiger partial charge in [-0.15, -0.1) is 0 Å². The standard InChI is InChI=1S/C24H17ClFNO3S/c25-14-5-7-19(21(26)11-14)17-3-1-2-16-15(8-9-18(16)17)13-4-6-20(22(28)10-13)23-12-24(29)27-31(23)30/h1-7,10-12,15,28H,8-9H2,(H,27,29)/t15-,31?/m1/s1. The molecule has 2 N–H and O–H groups in total. The number of hydrogen-bond acceptors (Lipinski definition) is 3. The average Bonchev–Trinajstić information content (AvgIpc) is 3.30. The van der Waals surface area contributed by atoms with Crippen molar-refractivity contribution in [2.75, 3.05) is 0 Å². The summed E-state index contributed by atoms with van der Waals surface area (Å²) in [4.78, 5) is 11.7. The van der Waals surface area contributed by atoms with Crippen LogP contribution < -0.4 is 4.72 Å². The highest BCUT2D eigenvalue weighted by molar-refractivity contribution is 7.94. The number of phenols is 1. The van der Waals surface area contributed by atoms with Gasteiger partial charge in [0.2, 0.25) is 0 Å². The number of halogens is 2. The van der Waals surface area contributed by atoms with E-state index in [2.05, 4.69) is 4.72 Å².